The van der Waals surface area contributed by atoms with Gasteiger partial charge in [-0.1, -0.05) is 0 Å². The van der Waals surface area contributed by atoms with Crippen LogP contribution in [0.4, 0.5) is 8.78 Å². The summed E-state index contributed by atoms with van der Waals surface area (Å²) in [4.78, 5) is 3.06. The minimum atomic E-state index is -4.24. The lowest BCUT2D eigenvalue weighted by molar-refractivity contribution is 0.140. The summed E-state index contributed by atoms with van der Waals surface area (Å²) in [5.41, 5.74) is -1.09. The summed E-state index contributed by atoms with van der Waals surface area (Å²) in [7, 11) is -3.16. The molecule has 1 aromatic heterocycles. The van der Waals surface area contributed by atoms with Gasteiger partial charge in [0.1, 0.15) is 0 Å². The number of rotatable bonds is 3. The van der Waals surface area contributed by atoms with Crippen LogP contribution in [0.25, 0.3) is 0 Å². The van der Waals surface area contributed by atoms with Crippen molar-refractivity contribution < 1.29 is 27.0 Å². The van der Waals surface area contributed by atoms with Crippen LogP contribution in [0.3, 0.4) is 0 Å². The van der Waals surface area contributed by atoms with Crippen LogP contribution >= 0.6 is 0 Å². The average molecular weight is 254 g/mol. The molecule has 0 radical (unpaired) electrons. The van der Waals surface area contributed by atoms with Gasteiger partial charge >= 0.3 is 0 Å². The molecule has 0 amide bonds. The highest BCUT2D eigenvalue weighted by atomic mass is 32.2. The van der Waals surface area contributed by atoms with Gasteiger partial charge in [0.15, 0.2) is 22.2 Å². The van der Waals surface area contributed by atoms with Crippen molar-refractivity contribution in [2.75, 3.05) is 7.11 Å². The Kier molecular flexibility index (Phi) is 3.29. The molecule has 1 rings (SSSR count). The summed E-state index contributed by atoms with van der Waals surface area (Å²) in [6.45, 7) is 0. The van der Waals surface area contributed by atoms with Crippen LogP contribution in [0.2, 0.25) is 0 Å². The third kappa shape index (κ3) is 2.36. The summed E-state index contributed by atoms with van der Waals surface area (Å²) in [5.74, 6) is -1.35. The molecule has 0 aromatic carbocycles. The van der Waals surface area contributed by atoms with E-state index >= 15 is 0 Å². The van der Waals surface area contributed by atoms with Gasteiger partial charge in [0.25, 0.3) is 16.4 Å². The number of primary sulfonamides is 1. The molecule has 1 aromatic rings. The number of aromatic hydroxyl groups is 1. The van der Waals surface area contributed by atoms with E-state index in [-0.39, 0.29) is 0 Å². The van der Waals surface area contributed by atoms with Crippen molar-refractivity contribution in [3.8, 4) is 11.5 Å². The molecule has 1 heterocycles. The van der Waals surface area contributed by atoms with Crippen molar-refractivity contribution >= 4 is 10.0 Å². The number of pyridine rings is 1. The first-order chi connectivity index (χ1) is 7.27. The first kappa shape index (κ1) is 12.6. The second-order valence-corrected chi connectivity index (χ2v) is 4.25. The Balaban J connectivity index is 3.53. The lowest BCUT2D eigenvalue weighted by Gasteiger charge is -2.09. The quantitative estimate of drug-likeness (QED) is 0.811. The highest BCUT2D eigenvalue weighted by Gasteiger charge is 2.23. The largest absolute Gasteiger partial charge is 0.503 e. The zero-order valence-corrected chi connectivity index (χ0v) is 8.83. The Bertz CT molecular complexity index is 503. The van der Waals surface area contributed by atoms with Crippen molar-refractivity contribution in [2.45, 2.75) is 11.5 Å². The predicted molar refractivity (Wildman–Crippen MR) is 48.8 cm³/mol. The Morgan fingerprint density at radius 2 is 2.12 bits per heavy atom. The van der Waals surface area contributed by atoms with Gasteiger partial charge in [-0.05, 0) is 0 Å². The number of hydrogen-bond donors (Lipinski definition) is 2. The summed E-state index contributed by atoms with van der Waals surface area (Å²) in [6.07, 6.45) is -3.14. The van der Waals surface area contributed by atoms with Crippen LogP contribution in [0, 0.1) is 0 Å². The highest BCUT2D eigenvalue weighted by Crippen LogP contribution is 2.35. The smallest absolute Gasteiger partial charge is 0.284 e. The van der Waals surface area contributed by atoms with Crippen LogP contribution in [0.5, 0.6) is 11.5 Å². The third-order valence-corrected chi connectivity index (χ3v) is 2.47. The summed E-state index contributed by atoms with van der Waals surface area (Å²) in [5, 5.41) is 13.2. The van der Waals surface area contributed by atoms with Crippen molar-refractivity contribution in [3.63, 3.8) is 0 Å². The monoisotopic (exact) mass is 254 g/mol. The van der Waals surface area contributed by atoms with Gasteiger partial charge in [0.2, 0.25) is 0 Å². The molecule has 3 N–H and O–H groups in total. The van der Waals surface area contributed by atoms with Gasteiger partial charge in [0.05, 0.1) is 7.11 Å². The van der Waals surface area contributed by atoms with Crippen molar-refractivity contribution in [2.24, 2.45) is 5.14 Å². The molecule has 0 fully saturated rings. The Labute approximate surface area is 89.7 Å². The van der Waals surface area contributed by atoms with Crippen LogP contribution in [0.1, 0.15) is 12.1 Å². The number of methoxy groups -OCH3 is 1. The molecule has 0 aliphatic carbocycles. The molecule has 90 valence electrons. The molecular weight excluding hydrogens is 246 g/mol. The Morgan fingerprint density at radius 3 is 2.50 bits per heavy atom. The normalized spacial score (nSPS) is 11.8. The summed E-state index contributed by atoms with van der Waals surface area (Å²) in [6, 6.07) is 0.760. The fourth-order valence-corrected chi connectivity index (χ4v) is 1.46. The SMILES string of the molecule is COc1cc(S(N)(=O)=O)nc(C(F)F)c1O. The van der Waals surface area contributed by atoms with Crippen LogP contribution in [0.15, 0.2) is 11.1 Å². The van der Waals surface area contributed by atoms with Crippen molar-refractivity contribution in [1.29, 1.82) is 0 Å². The number of nitrogens with zero attached hydrogens (tertiary/aromatic N) is 1. The van der Waals surface area contributed by atoms with Gasteiger partial charge in [-0.25, -0.2) is 27.3 Å². The maximum Gasteiger partial charge on any atom is 0.284 e. The number of hydrogen-bond acceptors (Lipinski definition) is 5. The van der Waals surface area contributed by atoms with Crippen LogP contribution in [-0.2, 0) is 10.0 Å². The maximum atomic E-state index is 12.4. The molecule has 0 aliphatic rings. The van der Waals surface area contributed by atoms with Crippen LogP contribution < -0.4 is 9.88 Å². The standard InChI is InChI=1S/C7H8F2N2O4S/c1-15-3-2-4(16(10,13)14)11-5(6(3)12)7(8)9/h2,7,12H,1H3,(H2,10,13,14). The van der Waals surface area contributed by atoms with E-state index in [1.807, 2.05) is 0 Å². The summed E-state index contributed by atoms with van der Waals surface area (Å²) >= 11 is 0. The minimum absolute atomic E-state index is 0.436. The molecule has 0 unspecified atom stereocenters. The van der Waals surface area contributed by atoms with E-state index in [9.17, 15) is 22.3 Å². The second-order valence-electron chi connectivity index (χ2n) is 2.74. The molecule has 0 saturated carbocycles. The fraction of sp³-hybridized carbons (Fsp3) is 0.286. The Morgan fingerprint density at radius 1 is 1.56 bits per heavy atom. The molecular formula is C7H8F2N2O4S. The van der Waals surface area contributed by atoms with Gasteiger partial charge < -0.3 is 9.84 Å². The molecule has 0 atom stereocenters. The predicted octanol–water partition coefficient (Wildman–Crippen LogP) is 0.381. The van der Waals surface area contributed by atoms with E-state index in [0.29, 0.717) is 0 Å². The van der Waals surface area contributed by atoms with E-state index < -0.39 is 38.7 Å². The zero-order chi connectivity index (χ0) is 12.5. The molecule has 0 aliphatic heterocycles. The fourth-order valence-electron chi connectivity index (χ4n) is 0.964. The topological polar surface area (TPSA) is 103 Å². The van der Waals surface area contributed by atoms with Gasteiger partial charge in [-0.2, -0.15) is 0 Å². The van der Waals surface area contributed by atoms with E-state index in [2.05, 4.69) is 9.72 Å². The van der Waals surface area contributed by atoms with Gasteiger partial charge in [-0.15, -0.1) is 0 Å². The molecule has 0 bridgehead atoms. The number of nitrogens with two attached hydrogens (primary N) is 1. The molecule has 0 saturated heterocycles. The highest BCUT2D eigenvalue weighted by molar-refractivity contribution is 7.89. The second kappa shape index (κ2) is 4.18. The lowest BCUT2D eigenvalue weighted by atomic mass is 10.3. The third-order valence-electron chi connectivity index (χ3n) is 1.68. The van der Waals surface area contributed by atoms with Crippen molar-refractivity contribution in [3.05, 3.63) is 11.8 Å². The van der Waals surface area contributed by atoms with Gasteiger partial charge in [-0.3, -0.25) is 0 Å². The van der Waals surface area contributed by atoms with E-state index in [0.717, 1.165) is 13.2 Å². The molecule has 9 heteroatoms. The first-order valence-corrected chi connectivity index (χ1v) is 5.41. The number of sulfonamides is 1. The van der Waals surface area contributed by atoms with Crippen molar-refractivity contribution in [1.82, 2.24) is 4.98 Å². The maximum absolute atomic E-state index is 12.4. The molecule has 6 nitrogen and oxygen atoms in total. The van der Waals surface area contributed by atoms with E-state index in [4.69, 9.17) is 5.14 Å². The number of ether oxygens (including phenoxy) is 1. The van der Waals surface area contributed by atoms with Gasteiger partial charge in [0, 0.05) is 6.07 Å². The lowest BCUT2D eigenvalue weighted by Crippen LogP contribution is -2.15. The van der Waals surface area contributed by atoms with E-state index in [1.165, 1.54) is 0 Å². The van der Waals surface area contributed by atoms with Crippen LogP contribution in [-0.4, -0.2) is 25.6 Å². The Hall–Kier alpha value is -1.48. The first-order valence-electron chi connectivity index (χ1n) is 3.86. The average Bonchev–Trinajstić information content (AvgIpc) is 2.15. The molecule has 0 spiro atoms. The zero-order valence-electron chi connectivity index (χ0n) is 8.02. The molecule has 16 heavy (non-hydrogen) atoms. The van der Waals surface area contributed by atoms with E-state index in [1.54, 1.807) is 0 Å². The number of alkyl halides is 2. The minimum Gasteiger partial charge on any atom is -0.503 e. The summed E-state index contributed by atoms with van der Waals surface area (Å²) < 4.78 is 51.2. The number of aromatic nitrogens is 1. The number of halogens is 2.